The van der Waals surface area contributed by atoms with Gasteiger partial charge < -0.3 is 8.60 Å². The molecule has 0 bridgehead atoms. The lowest BCUT2D eigenvalue weighted by molar-refractivity contribution is -0.137. The minimum absolute atomic E-state index is 0.0755. The summed E-state index contributed by atoms with van der Waals surface area (Å²) in [7, 11) is -4.61. The summed E-state index contributed by atoms with van der Waals surface area (Å²) >= 11 is 5.99. The minimum Gasteiger partial charge on any atom is -0.436 e. The highest BCUT2D eigenvalue weighted by Gasteiger charge is 2.32. The first kappa shape index (κ1) is 21.2. The van der Waals surface area contributed by atoms with Crippen molar-refractivity contribution in [2.45, 2.75) is 18.0 Å². The number of aryl methyl sites for hydroxylation is 1. The quantitative estimate of drug-likeness (QED) is 0.332. The highest BCUT2D eigenvalue weighted by Crippen LogP contribution is 2.36. The number of rotatable bonds is 4. The van der Waals surface area contributed by atoms with Crippen molar-refractivity contribution < 1.29 is 30.2 Å². The van der Waals surface area contributed by atoms with E-state index in [1.807, 2.05) is 13.0 Å². The molecule has 0 saturated carbocycles. The maximum atomic E-state index is 13.0. The van der Waals surface area contributed by atoms with E-state index in [0.717, 1.165) is 23.8 Å². The van der Waals surface area contributed by atoms with Crippen LogP contribution in [-0.4, -0.2) is 13.4 Å². The van der Waals surface area contributed by atoms with E-state index >= 15 is 0 Å². The molecule has 0 radical (unpaired) electrons. The molecule has 1 aromatic heterocycles. The zero-order chi connectivity index (χ0) is 22.4. The molecular weight excluding hydrogens is 455 g/mol. The molecule has 31 heavy (non-hydrogen) atoms. The Hall–Kier alpha value is -3.04. The Morgan fingerprint density at radius 3 is 2.55 bits per heavy atom. The van der Waals surface area contributed by atoms with Crippen LogP contribution in [0.4, 0.5) is 13.2 Å². The van der Waals surface area contributed by atoms with E-state index in [2.05, 4.69) is 4.98 Å². The second kappa shape index (κ2) is 7.58. The summed E-state index contributed by atoms with van der Waals surface area (Å²) in [6.07, 6.45) is -4.71. The van der Waals surface area contributed by atoms with E-state index in [9.17, 15) is 21.6 Å². The topological polar surface area (TPSA) is 69.4 Å². The van der Waals surface area contributed by atoms with Crippen LogP contribution in [0.3, 0.4) is 0 Å². The summed E-state index contributed by atoms with van der Waals surface area (Å²) < 4.78 is 75.2. The van der Waals surface area contributed by atoms with Crippen LogP contribution in [0.1, 0.15) is 11.1 Å². The fourth-order valence-electron chi connectivity index (χ4n) is 2.88. The largest absolute Gasteiger partial charge is 0.436 e. The van der Waals surface area contributed by atoms with Crippen molar-refractivity contribution >= 4 is 32.8 Å². The molecule has 1 heterocycles. The molecule has 0 saturated heterocycles. The summed E-state index contributed by atoms with van der Waals surface area (Å²) in [6.45, 7) is 1.88. The molecule has 0 aliphatic heterocycles. The smallest absolute Gasteiger partial charge is 0.416 e. The van der Waals surface area contributed by atoms with Gasteiger partial charge in [0.1, 0.15) is 10.4 Å². The number of benzene rings is 3. The van der Waals surface area contributed by atoms with Gasteiger partial charge in [-0.05, 0) is 55.0 Å². The molecule has 4 rings (SSSR count). The molecule has 0 N–H and O–H groups in total. The standard InChI is InChI=1S/C21H13ClF3NO4S/c1-12-5-8-17-19(9-12)29-20(26-17)16-7-6-14(22)11-18(16)30-31(27,28)15-4-2-3-13(10-15)21(23,24)25/h2-11H,1H3. The van der Waals surface area contributed by atoms with E-state index < -0.39 is 26.8 Å². The minimum atomic E-state index is -4.71. The molecule has 3 aromatic carbocycles. The summed E-state index contributed by atoms with van der Waals surface area (Å²) in [6, 6.07) is 12.8. The fourth-order valence-corrected chi connectivity index (χ4v) is 4.03. The molecule has 0 amide bonds. The Labute approximate surface area is 180 Å². The number of oxazole rings is 1. The van der Waals surface area contributed by atoms with Crippen molar-refractivity contribution in [2.75, 3.05) is 0 Å². The molecule has 0 unspecified atom stereocenters. The number of hydrogen-bond donors (Lipinski definition) is 0. The number of nitrogens with zero attached hydrogens (tertiary/aromatic N) is 1. The number of hydrogen-bond acceptors (Lipinski definition) is 5. The van der Waals surface area contributed by atoms with Gasteiger partial charge in [-0.1, -0.05) is 23.7 Å². The van der Waals surface area contributed by atoms with Crippen LogP contribution < -0.4 is 4.18 Å². The number of halogens is 4. The van der Waals surface area contributed by atoms with Crippen LogP contribution in [0.2, 0.25) is 5.02 Å². The Kier molecular flexibility index (Phi) is 5.18. The van der Waals surface area contributed by atoms with Crippen molar-refractivity contribution in [3.63, 3.8) is 0 Å². The van der Waals surface area contributed by atoms with Gasteiger partial charge in [0.25, 0.3) is 0 Å². The molecule has 5 nitrogen and oxygen atoms in total. The van der Waals surface area contributed by atoms with Gasteiger partial charge in [0.15, 0.2) is 11.3 Å². The maximum absolute atomic E-state index is 13.0. The van der Waals surface area contributed by atoms with E-state index in [1.165, 1.54) is 18.2 Å². The van der Waals surface area contributed by atoms with Crippen molar-refractivity contribution in [3.05, 3.63) is 76.8 Å². The Morgan fingerprint density at radius 2 is 1.81 bits per heavy atom. The summed E-state index contributed by atoms with van der Waals surface area (Å²) in [4.78, 5) is 3.68. The van der Waals surface area contributed by atoms with E-state index in [1.54, 1.807) is 12.1 Å². The van der Waals surface area contributed by atoms with E-state index in [-0.39, 0.29) is 22.2 Å². The van der Waals surface area contributed by atoms with Crippen LogP contribution in [0, 0.1) is 6.92 Å². The number of aromatic nitrogens is 1. The van der Waals surface area contributed by atoms with Gasteiger partial charge in [-0.25, -0.2) is 4.98 Å². The number of fused-ring (bicyclic) bond motifs is 1. The Balaban J connectivity index is 1.77. The average molecular weight is 468 g/mol. The predicted octanol–water partition coefficient (Wildman–Crippen LogP) is 6.24. The zero-order valence-corrected chi connectivity index (χ0v) is 17.3. The second-order valence-corrected chi connectivity index (χ2v) is 8.68. The Bertz CT molecular complexity index is 1400. The van der Waals surface area contributed by atoms with Crippen molar-refractivity contribution in [1.82, 2.24) is 4.98 Å². The van der Waals surface area contributed by atoms with Crippen molar-refractivity contribution in [2.24, 2.45) is 0 Å². The first-order valence-electron chi connectivity index (χ1n) is 8.82. The van der Waals surface area contributed by atoms with Crippen molar-refractivity contribution in [3.8, 4) is 17.2 Å². The van der Waals surface area contributed by atoms with Crippen LogP contribution in [0.5, 0.6) is 5.75 Å². The third kappa shape index (κ3) is 4.38. The zero-order valence-electron chi connectivity index (χ0n) is 15.8. The SMILES string of the molecule is Cc1ccc2nc(-c3ccc(Cl)cc3OS(=O)(=O)c3cccc(C(F)(F)F)c3)oc2c1. The van der Waals surface area contributed by atoms with E-state index in [4.69, 9.17) is 20.2 Å². The molecule has 10 heteroatoms. The van der Waals surface area contributed by atoms with Crippen LogP contribution in [0.15, 0.2) is 70.0 Å². The van der Waals surface area contributed by atoms with Gasteiger partial charge >= 0.3 is 16.3 Å². The Morgan fingerprint density at radius 1 is 1.03 bits per heavy atom. The molecular formula is C21H13ClF3NO4S. The van der Waals surface area contributed by atoms with Gasteiger partial charge in [0.05, 0.1) is 11.1 Å². The first-order valence-corrected chi connectivity index (χ1v) is 10.6. The van der Waals surface area contributed by atoms with Gasteiger partial charge in [0, 0.05) is 11.1 Å². The molecule has 0 aliphatic carbocycles. The highest BCUT2D eigenvalue weighted by molar-refractivity contribution is 7.87. The molecule has 0 atom stereocenters. The molecule has 0 spiro atoms. The van der Waals surface area contributed by atoms with Gasteiger partial charge in [-0.2, -0.15) is 21.6 Å². The van der Waals surface area contributed by atoms with Crippen molar-refractivity contribution in [1.29, 1.82) is 0 Å². The lowest BCUT2D eigenvalue weighted by Crippen LogP contribution is -2.12. The van der Waals surface area contributed by atoms with Gasteiger partial charge in [-0.3, -0.25) is 0 Å². The lowest BCUT2D eigenvalue weighted by Gasteiger charge is -2.12. The molecule has 0 fully saturated rings. The number of alkyl halides is 3. The highest BCUT2D eigenvalue weighted by atomic mass is 35.5. The normalized spacial score (nSPS) is 12.3. The van der Waals surface area contributed by atoms with Crippen LogP contribution in [-0.2, 0) is 16.3 Å². The second-order valence-electron chi connectivity index (χ2n) is 6.69. The monoisotopic (exact) mass is 467 g/mol. The molecule has 0 aliphatic rings. The third-order valence-corrected chi connectivity index (χ3v) is 5.83. The summed E-state index contributed by atoms with van der Waals surface area (Å²) in [5.74, 6) is -0.153. The summed E-state index contributed by atoms with van der Waals surface area (Å²) in [5, 5.41) is 0.157. The molecule has 4 aromatic rings. The average Bonchev–Trinajstić information content (AvgIpc) is 3.10. The first-order chi connectivity index (χ1) is 14.5. The van der Waals surface area contributed by atoms with Crippen LogP contribution in [0.25, 0.3) is 22.6 Å². The predicted molar refractivity (Wildman–Crippen MR) is 108 cm³/mol. The fraction of sp³-hybridized carbons (Fsp3) is 0.0952. The summed E-state index contributed by atoms with van der Waals surface area (Å²) in [5.41, 5.74) is 1.03. The third-order valence-electron chi connectivity index (χ3n) is 4.37. The lowest BCUT2D eigenvalue weighted by atomic mass is 10.2. The van der Waals surface area contributed by atoms with Crippen LogP contribution >= 0.6 is 11.6 Å². The van der Waals surface area contributed by atoms with E-state index in [0.29, 0.717) is 17.2 Å². The van der Waals surface area contributed by atoms with Gasteiger partial charge in [-0.15, -0.1) is 0 Å². The maximum Gasteiger partial charge on any atom is 0.416 e. The molecule has 160 valence electrons. The van der Waals surface area contributed by atoms with Gasteiger partial charge in [0.2, 0.25) is 5.89 Å².